The number of thiazole rings is 1. The molecule has 0 fully saturated rings. The largest absolute Gasteiger partial charge is 0.505 e. The van der Waals surface area contributed by atoms with Crippen LogP contribution in [0.3, 0.4) is 0 Å². The number of carbonyl (C=O) groups is 1. The first-order valence-electron chi connectivity index (χ1n) is 8.56. The highest BCUT2D eigenvalue weighted by Gasteiger charge is 2.19. The third-order valence-corrected chi connectivity index (χ3v) is 4.94. The molecule has 4 aromatic rings. The van der Waals surface area contributed by atoms with Crippen LogP contribution in [-0.4, -0.2) is 16.0 Å². The van der Waals surface area contributed by atoms with Crippen LogP contribution < -0.4 is 5.32 Å². The van der Waals surface area contributed by atoms with Crippen molar-refractivity contribution in [1.29, 1.82) is 0 Å². The van der Waals surface area contributed by atoms with Crippen LogP contribution in [0.5, 0.6) is 5.75 Å². The number of aromatic hydroxyl groups is 1. The Labute approximate surface area is 165 Å². The van der Waals surface area contributed by atoms with Gasteiger partial charge in [0.2, 0.25) is 5.13 Å². The summed E-state index contributed by atoms with van der Waals surface area (Å²) in [5.74, 6) is -0.631. The van der Waals surface area contributed by atoms with Gasteiger partial charge >= 0.3 is 0 Å². The second kappa shape index (κ2) is 7.58. The third-order valence-electron chi connectivity index (χ3n) is 4.29. The van der Waals surface area contributed by atoms with E-state index in [1.54, 1.807) is 17.6 Å². The van der Waals surface area contributed by atoms with Gasteiger partial charge in [-0.15, -0.1) is 21.6 Å². The van der Waals surface area contributed by atoms with Gasteiger partial charge in [-0.3, -0.25) is 4.79 Å². The summed E-state index contributed by atoms with van der Waals surface area (Å²) >= 11 is 1.33. The van der Waals surface area contributed by atoms with Crippen molar-refractivity contribution in [2.24, 2.45) is 10.2 Å². The van der Waals surface area contributed by atoms with E-state index in [0.29, 0.717) is 16.2 Å². The lowest BCUT2D eigenvalue weighted by molar-refractivity contribution is 0.102. The third kappa shape index (κ3) is 3.47. The van der Waals surface area contributed by atoms with Crippen molar-refractivity contribution in [2.45, 2.75) is 6.92 Å². The van der Waals surface area contributed by atoms with E-state index in [1.165, 1.54) is 11.3 Å². The van der Waals surface area contributed by atoms with Crippen LogP contribution in [0.25, 0.3) is 10.8 Å². The van der Waals surface area contributed by atoms with Crippen molar-refractivity contribution in [3.05, 3.63) is 77.3 Å². The molecule has 0 aliphatic heterocycles. The summed E-state index contributed by atoms with van der Waals surface area (Å²) in [6.07, 6.45) is 1.63. The molecule has 0 bridgehead atoms. The zero-order valence-electron chi connectivity index (χ0n) is 15.0. The molecule has 6 nitrogen and oxygen atoms in total. The van der Waals surface area contributed by atoms with Crippen LogP contribution in [-0.2, 0) is 0 Å². The Morgan fingerprint density at radius 2 is 1.89 bits per heavy atom. The molecule has 0 saturated carbocycles. The monoisotopic (exact) mass is 388 g/mol. The Balaban J connectivity index is 1.79. The van der Waals surface area contributed by atoms with Gasteiger partial charge in [0, 0.05) is 22.7 Å². The van der Waals surface area contributed by atoms with Gasteiger partial charge in [-0.2, -0.15) is 0 Å². The Hall–Kier alpha value is -3.58. The lowest BCUT2D eigenvalue weighted by Crippen LogP contribution is -2.13. The minimum Gasteiger partial charge on any atom is -0.505 e. The first-order valence-corrected chi connectivity index (χ1v) is 9.44. The molecule has 0 aliphatic rings. The second-order valence-electron chi connectivity index (χ2n) is 6.13. The molecule has 0 atom stereocenters. The highest BCUT2D eigenvalue weighted by atomic mass is 32.1. The molecule has 2 N–H and O–H groups in total. The van der Waals surface area contributed by atoms with Crippen molar-refractivity contribution in [3.8, 4) is 5.75 Å². The molecule has 0 spiro atoms. The van der Waals surface area contributed by atoms with Gasteiger partial charge in [0.25, 0.3) is 5.91 Å². The summed E-state index contributed by atoms with van der Waals surface area (Å²) in [5, 5.41) is 25.7. The van der Waals surface area contributed by atoms with Crippen LogP contribution in [0.2, 0.25) is 0 Å². The van der Waals surface area contributed by atoms with Crippen LogP contribution in [0, 0.1) is 6.92 Å². The number of anilines is 1. The van der Waals surface area contributed by atoms with Crippen molar-refractivity contribution in [3.63, 3.8) is 0 Å². The van der Waals surface area contributed by atoms with Crippen LogP contribution in [0.1, 0.15) is 15.9 Å². The second-order valence-corrected chi connectivity index (χ2v) is 7.00. The fourth-order valence-electron chi connectivity index (χ4n) is 2.85. The summed E-state index contributed by atoms with van der Waals surface area (Å²) in [7, 11) is 0. The number of hydrogen-bond donors (Lipinski definition) is 2. The number of phenolic OH excluding ortho intramolecular Hbond substituents is 1. The first-order chi connectivity index (χ1) is 13.6. The van der Waals surface area contributed by atoms with E-state index in [4.69, 9.17) is 0 Å². The SMILES string of the molecule is Cc1ccccc1NC(=O)c1cc2ccccc2c(N=Nc2nccs2)c1O. The number of aromatic nitrogens is 1. The lowest BCUT2D eigenvalue weighted by Gasteiger charge is -2.12. The van der Waals surface area contributed by atoms with Crippen LogP contribution >= 0.6 is 11.3 Å². The minimum absolute atomic E-state index is 0.134. The van der Waals surface area contributed by atoms with Crippen LogP contribution in [0.15, 0.2) is 76.4 Å². The molecule has 0 saturated heterocycles. The van der Waals surface area contributed by atoms with Crippen molar-refractivity contribution >= 4 is 44.5 Å². The number of nitrogens with zero attached hydrogens (tertiary/aromatic N) is 3. The van der Waals surface area contributed by atoms with Gasteiger partial charge in [-0.1, -0.05) is 42.5 Å². The minimum atomic E-state index is -0.414. The van der Waals surface area contributed by atoms with E-state index in [-0.39, 0.29) is 17.0 Å². The predicted molar refractivity (Wildman–Crippen MR) is 111 cm³/mol. The zero-order chi connectivity index (χ0) is 19.5. The zero-order valence-corrected chi connectivity index (χ0v) is 15.8. The molecule has 0 unspecified atom stereocenters. The normalized spacial score (nSPS) is 11.2. The van der Waals surface area contributed by atoms with Gasteiger partial charge in [0.1, 0.15) is 5.69 Å². The van der Waals surface area contributed by atoms with Crippen LogP contribution in [0.4, 0.5) is 16.5 Å². The number of carbonyl (C=O) groups excluding carboxylic acids is 1. The van der Waals surface area contributed by atoms with Crippen molar-refractivity contribution in [2.75, 3.05) is 5.32 Å². The standard InChI is InChI=1S/C21H16N4O2S/c1-13-6-2-5-9-17(13)23-20(27)16-12-14-7-3-4-8-15(14)18(19(16)26)24-25-21-22-10-11-28-21/h2-12,26H,1H3,(H,23,27). The van der Waals surface area contributed by atoms with E-state index in [1.807, 2.05) is 55.5 Å². The van der Waals surface area contributed by atoms with E-state index in [2.05, 4.69) is 20.5 Å². The molecule has 0 aliphatic carbocycles. The summed E-state index contributed by atoms with van der Waals surface area (Å²) in [5.41, 5.74) is 1.99. The van der Waals surface area contributed by atoms with Gasteiger partial charge in [-0.05, 0) is 30.0 Å². The Kier molecular flexibility index (Phi) is 4.82. The average Bonchev–Trinajstić information content (AvgIpc) is 3.22. The molecule has 1 amide bonds. The molecule has 138 valence electrons. The number of phenols is 1. The molecule has 0 radical (unpaired) electrons. The summed E-state index contributed by atoms with van der Waals surface area (Å²) in [6, 6.07) is 16.5. The Morgan fingerprint density at radius 1 is 1.11 bits per heavy atom. The molecule has 1 aromatic heterocycles. The Morgan fingerprint density at radius 3 is 2.68 bits per heavy atom. The number of rotatable bonds is 4. The van der Waals surface area contributed by atoms with Gasteiger partial charge in [0.15, 0.2) is 5.75 Å². The number of benzene rings is 3. The summed E-state index contributed by atoms with van der Waals surface area (Å²) < 4.78 is 0. The number of azo groups is 1. The van der Waals surface area contributed by atoms with Gasteiger partial charge < -0.3 is 10.4 Å². The lowest BCUT2D eigenvalue weighted by atomic mass is 10.0. The predicted octanol–water partition coefficient (Wildman–Crippen LogP) is 5.98. The number of amides is 1. The maximum Gasteiger partial charge on any atom is 0.259 e. The summed E-state index contributed by atoms with van der Waals surface area (Å²) in [4.78, 5) is 16.9. The number of hydrogen-bond acceptors (Lipinski definition) is 6. The highest BCUT2D eigenvalue weighted by molar-refractivity contribution is 7.13. The maximum absolute atomic E-state index is 12.9. The van der Waals surface area contributed by atoms with E-state index >= 15 is 0 Å². The number of aryl methyl sites for hydroxylation is 1. The molecular formula is C21H16N4O2S. The van der Waals surface area contributed by atoms with Gasteiger partial charge in [0.05, 0.1) is 5.56 Å². The van der Waals surface area contributed by atoms with Crippen molar-refractivity contribution < 1.29 is 9.90 Å². The molecule has 1 heterocycles. The average molecular weight is 388 g/mol. The van der Waals surface area contributed by atoms with Crippen molar-refractivity contribution in [1.82, 2.24) is 4.98 Å². The number of para-hydroxylation sites is 1. The van der Waals surface area contributed by atoms with Gasteiger partial charge in [-0.25, -0.2) is 4.98 Å². The molecular weight excluding hydrogens is 372 g/mol. The van der Waals surface area contributed by atoms with E-state index in [9.17, 15) is 9.90 Å². The van der Waals surface area contributed by atoms with E-state index in [0.717, 1.165) is 10.9 Å². The number of nitrogens with one attached hydrogen (secondary N) is 1. The fourth-order valence-corrected chi connectivity index (χ4v) is 3.31. The molecule has 28 heavy (non-hydrogen) atoms. The maximum atomic E-state index is 12.9. The highest BCUT2D eigenvalue weighted by Crippen LogP contribution is 2.39. The smallest absolute Gasteiger partial charge is 0.259 e. The fraction of sp³-hybridized carbons (Fsp3) is 0.0476. The van der Waals surface area contributed by atoms with E-state index < -0.39 is 5.91 Å². The molecule has 7 heteroatoms. The quantitative estimate of drug-likeness (QED) is 0.422. The summed E-state index contributed by atoms with van der Waals surface area (Å²) in [6.45, 7) is 1.91. The topological polar surface area (TPSA) is 86.9 Å². The first kappa shape index (κ1) is 17.8. The number of fused-ring (bicyclic) bond motifs is 1. The molecule has 3 aromatic carbocycles. The Bertz CT molecular complexity index is 1190. The molecule has 4 rings (SSSR count).